The zero-order chi connectivity index (χ0) is 17.2. The van der Waals surface area contributed by atoms with Gasteiger partial charge in [0.15, 0.2) is 6.79 Å². The Labute approximate surface area is 134 Å². The first-order valence-corrected chi connectivity index (χ1v) is 7.58. The fourth-order valence-electron chi connectivity index (χ4n) is 1.25. The average Bonchev–Trinajstić information content (AvgIpc) is 2.61. The zero-order valence-electron chi connectivity index (χ0n) is 14.2. The molecular formula is C19H28O3. The molecular weight excluding hydrogens is 276 g/mol. The molecule has 0 bridgehead atoms. The standard InChI is InChI=1S/C8H8O3.C7H8.2C2H6/c9-6-11-8(10)7-4-2-1-3-5-7;1-7-5-3-2-4-6-7;2*1-2/h1-5,9H,6H2;2-6H,1H3;2*1-2H3. The summed E-state index contributed by atoms with van der Waals surface area (Å²) in [5.41, 5.74) is 1.77. The van der Waals surface area contributed by atoms with Gasteiger partial charge in [-0.25, -0.2) is 4.79 Å². The summed E-state index contributed by atoms with van der Waals surface area (Å²) in [6.45, 7) is 9.51. The summed E-state index contributed by atoms with van der Waals surface area (Å²) in [6.07, 6.45) is 0. The molecule has 122 valence electrons. The van der Waals surface area contributed by atoms with E-state index in [-0.39, 0.29) is 0 Å². The maximum atomic E-state index is 10.9. The molecule has 3 heteroatoms. The molecule has 0 aromatic heterocycles. The molecule has 3 nitrogen and oxygen atoms in total. The van der Waals surface area contributed by atoms with Crippen molar-refractivity contribution in [3.63, 3.8) is 0 Å². The number of hydrogen-bond acceptors (Lipinski definition) is 3. The summed E-state index contributed by atoms with van der Waals surface area (Å²) in [5.74, 6) is -0.506. The van der Waals surface area contributed by atoms with Crippen LogP contribution in [0.25, 0.3) is 0 Å². The van der Waals surface area contributed by atoms with Gasteiger partial charge in [-0.2, -0.15) is 0 Å². The summed E-state index contributed by atoms with van der Waals surface area (Å²) in [7, 11) is 0. The van der Waals surface area contributed by atoms with Crippen LogP contribution in [0.4, 0.5) is 0 Å². The lowest BCUT2D eigenvalue weighted by molar-refractivity contribution is 0.00684. The van der Waals surface area contributed by atoms with Gasteiger partial charge in [-0.3, -0.25) is 0 Å². The molecule has 0 aliphatic carbocycles. The molecule has 0 unspecified atom stereocenters. The van der Waals surface area contributed by atoms with E-state index < -0.39 is 12.8 Å². The van der Waals surface area contributed by atoms with E-state index in [1.165, 1.54) is 5.56 Å². The molecule has 0 radical (unpaired) electrons. The van der Waals surface area contributed by atoms with Crippen molar-refractivity contribution in [2.75, 3.05) is 6.79 Å². The Kier molecular flexibility index (Phi) is 17.0. The van der Waals surface area contributed by atoms with Crippen LogP contribution < -0.4 is 0 Å². The van der Waals surface area contributed by atoms with Crippen LogP contribution >= 0.6 is 0 Å². The summed E-state index contributed by atoms with van der Waals surface area (Å²) in [5, 5.41) is 8.25. The van der Waals surface area contributed by atoms with E-state index in [2.05, 4.69) is 23.8 Å². The average molecular weight is 304 g/mol. The highest BCUT2D eigenvalue weighted by molar-refractivity contribution is 5.89. The smallest absolute Gasteiger partial charge is 0.340 e. The lowest BCUT2D eigenvalue weighted by atomic mass is 10.2. The van der Waals surface area contributed by atoms with Crippen molar-refractivity contribution in [2.24, 2.45) is 0 Å². The topological polar surface area (TPSA) is 46.5 Å². The first-order valence-electron chi connectivity index (χ1n) is 7.58. The minimum atomic E-state index is -0.576. The molecule has 0 atom stereocenters. The van der Waals surface area contributed by atoms with Crippen LogP contribution in [0, 0.1) is 6.92 Å². The lowest BCUT2D eigenvalue weighted by Gasteiger charge is -1.98. The number of ether oxygens (including phenoxy) is 1. The van der Waals surface area contributed by atoms with Gasteiger partial charge in [0, 0.05) is 0 Å². The van der Waals surface area contributed by atoms with E-state index in [1.54, 1.807) is 30.3 Å². The van der Waals surface area contributed by atoms with Crippen molar-refractivity contribution >= 4 is 5.97 Å². The van der Waals surface area contributed by atoms with E-state index in [0.717, 1.165) is 0 Å². The van der Waals surface area contributed by atoms with Crippen molar-refractivity contribution in [1.82, 2.24) is 0 Å². The Morgan fingerprint density at radius 2 is 1.27 bits per heavy atom. The number of aliphatic hydroxyl groups is 1. The molecule has 22 heavy (non-hydrogen) atoms. The van der Waals surface area contributed by atoms with Gasteiger partial charge >= 0.3 is 5.97 Å². The van der Waals surface area contributed by atoms with Crippen LogP contribution in [-0.4, -0.2) is 17.9 Å². The van der Waals surface area contributed by atoms with Crippen molar-refractivity contribution < 1.29 is 14.6 Å². The third-order valence-corrected chi connectivity index (χ3v) is 2.15. The first-order chi connectivity index (χ1) is 10.7. The monoisotopic (exact) mass is 304 g/mol. The SMILES string of the molecule is CC.CC.Cc1ccccc1.O=C(OCO)c1ccccc1. The number of carbonyl (C=O) groups is 1. The molecule has 0 amide bonds. The van der Waals surface area contributed by atoms with E-state index in [9.17, 15) is 4.79 Å². The third kappa shape index (κ3) is 11.7. The van der Waals surface area contributed by atoms with E-state index in [4.69, 9.17) is 5.11 Å². The molecule has 2 aromatic rings. The number of benzene rings is 2. The van der Waals surface area contributed by atoms with Crippen molar-refractivity contribution in [3.8, 4) is 0 Å². The molecule has 2 aromatic carbocycles. The summed E-state index contributed by atoms with van der Waals surface area (Å²) < 4.78 is 4.34. The molecule has 0 heterocycles. The second kappa shape index (κ2) is 16.9. The normalized spacial score (nSPS) is 7.91. The molecule has 1 N–H and O–H groups in total. The Morgan fingerprint density at radius 3 is 1.59 bits per heavy atom. The number of carbonyl (C=O) groups excluding carboxylic acids is 1. The second-order valence-electron chi connectivity index (χ2n) is 3.58. The van der Waals surface area contributed by atoms with Gasteiger partial charge in [0.2, 0.25) is 0 Å². The number of aliphatic hydroxyl groups excluding tert-OH is 1. The van der Waals surface area contributed by atoms with Gasteiger partial charge in [0.25, 0.3) is 0 Å². The number of aryl methyl sites for hydroxylation is 1. The van der Waals surface area contributed by atoms with Gasteiger partial charge in [-0.1, -0.05) is 81.8 Å². The van der Waals surface area contributed by atoms with Crippen LogP contribution in [0.5, 0.6) is 0 Å². The lowest BCUT2D eigenvalue weighted by Crippen LogP contribution is -2.04. The van der Waals surface area contributed by atoms with Crippen LogP contribution in [0.3, 0.4) is 0 Å². The quantitative estimate of drug-likeness (QED) is 0.638. The Morgan fingerprint density at radius 1 is 0.864 bits per heavy atom. The zero-order valence-corrected chi connectivity index (χ0v) is 14.2. The molecule has 0 saturated heterocycles. The molecule has 0 fully saturated rings. The number of esters is 1. The molecule has 2 rings (SSSR count). The van der Waals surface area contributed by atoms with Crippen molar-refractivity contribution in [2.45, 2.75) is 34.6 Å². The maximum Gasteiger partial charge on any atom is 0.340 e. The predicted octanol–water partition coefficient (Wildman–Crippen LogP) is 4.84. The Balaban J connectivity index is 0. The largest absolute Gasteiger partial charge is 0.435 e. The van der Waals surface area contributed by atoms with E-state index in [1.807, 2.05) is 45.9 Å². The van der Waals surface area contributed by atoms with Gasteiger partial charge in [-0.05, 0) is 19.1 Å². The van der Waals surface area contributed by atoms with Crippen LogP contribution in [-0.2, 0) is 4.74 Å². The third-order valence-electron chi connectivity index (χ3n) is 2.15. The highest BCUT2D eigenvalue weighted by atomic mass is 16.6. The molecule has 0 aliphatic rings. The fourth-order valence-corrected chi connectivity index (χ4v) is 1.25. The Bertz CT molecular complexity index is 453. The molecule has 0 saturated carbocycles. The van der Waals surface area contributed by atoms with Crippen LogP contribution in [0.15, 0.2) is 60.7 Å². The summed E-state index contributed by atoms with van der Waals surface area (Å²) in [4.78, 5) is 10.9. The fraction of sp³-hybridized carbons (Fsp3) is 0.316. The highest BCUT2D eigenvalue weighted by Crippen LogP contribution is 1.99. The van der Waals surface area contributed by atoms with Gasteiger partial charge < -0.3 is 9.84 Å². The number of hydrogen-bond donors (Lipinski definition) is 1. The summed E-state index contributed by atoms with van der Waals surface area (Å²) in [6, 6.07) is 18.8. The van der Waals surface area contributed by atoms with Crippen molar-refractivity contribution in [1.29, 1.82) is 0 Å². The molecule has 0 aliphatic heterocycles. The maximum absolute atomic E-state index is 10.9. The van der Waals surface area contributed by atoms with Gasteiger partial charge in [0.05, 0.1) is 5.56 Å². The van der Waals surface area contributed by atoms with Gasteiger partial charge in [-0.15, -0.1) is 0 Å². The molecule has 0 spiro atoms. The van der Waals surface area contributed by atoms with Gasteiger partial charge in [0.1, 0.15) is 0 Å². The van der Waals surface area contributed by atoms with Crippen LogP contribution in [0.2, 0.25) is 0 Å². The number of rotatable bonds is 2. The minimum Gasteiger partial charge on any atom is -0.435 e. The second-order valence-corrected chi connectivity index (χ2v) is 3.58. The van der Waals surface area contributed by atoms with E-state index >= 15 is 0 Å². The minimum absolute atomic E-state index is 0.446. The predicted molar refractivity (Wildman–Crippen MR) is 92.8 cm³/mol. The summed E-state index contributed by atoms with van der Waals surface area (Å²) >= 11 is 0. The van der Waals surface area contributed by atoms with Crippen molar-refractivity contribution in [3.05, 3.63) is 71.8 Å². The first kappa shape index (κ1) is 22.2. The van der Waals surface area contributed by atoms with E-state index in [0.29, 0.717) is 5.56 Å². The Hall–Kier alpha value is -2.13. The highest BCUT2D eigenvalue weighted by Gasteiger charge is 2.02. The van der Waals surface area contributed by atoms with Crippen LogP contribution in [0.1, 0.15) is 43.6 Å².